The Morgan fingerprint density at radius 1 is 1.13 bits per heavy atom. The molecule has 1 fully saturated rings. The molecule has 1 aliphatic carbocycles. The molecule has 2 aromatic rings. The van der Waals surface area contributed by atoms with Crippen molar-refractivity contribution < 1.29 is 24.3 Å². The van der Waals surface area contributed by atoms with Crippen molar-refractivity contribution in [1.29, 1.82) is 0 Å². The van der Waals surface area contributed by atoms with Crippen LogP contribution in [0.3, 0.4) is 0 Å². The number of pyridine rings is 1. The van der Waals surface area contributed by atoms with Crippen molar-refractivity contribution in [2.24, 2.45) is 0 Å². The molecule has 1 saturated carbocycles. The van der Waals surface area contributed by atoms with Gasteiger partial charge in [0.25, 0.3) is 5.91 Å². The average molecular weight is 536 g/mol. The number of carboxylic acid groups (broad SMARTS) is 1. The van der Waals surface area contributed by atoms with E-state index in [0.717, 1.165) is 55.3 Å². The molecule has 1 aromatic heterocycles. The zero-order valence-electron chi connectivity index (χ0n) is 23.8. The number of hydroxylamine groups is 2. The fraction of sp³-hybridized carbons (Fsp3) is 0.516. The predicted molar refractivity (Wildman–Crippen MR) is 150 cm³/mol. The number of ether oxygens (including phenoxy) is 1. The van der Waals surface area contributed by atoms with E-state index in [2.05, 4.69) is 23.2 Å². The lowest BCUT2D eigenvalue weighted by Gasteiger charge is -2.42. The molecule has 0 spiro atoms. The van der Waals surface area contributed by atoms with E-state index in [0.29, 0.717) is 24.3 Å². The normalized spacial score (nSPS) is 21.2. The number of carbonyl (C=O) groups excluding carboxylic acids is 1. The summed E-state index contributed by atoms with van der Waals surface area (Å²) in [6, 6.07) is 7.66. The highest BCUT2D eigenvalue weighted by Crippen LogP contribution is 2.33. The Balaban J connectivity index is 1.56. The van der Waals surface area contributed by atoms with Gasteiger partial charge < -0.3 is 14.7 Å². The van der Waals surface area contributed by atoms with E-state index in [-0.39, 0.29) is 18.1 Å². The molecule has 2 aliphatic rings. The van der Waals surface area contributed by atoms with E-state index >= 15 is 0 Å². The summed E-state index contributed by atoms with van der Waals surface area (Å²) in [7, 11) is 1.52. The number of aryl methyl sites for hydroxylation is 2. The van der Waals surface area contributed by atoms with Crippen LogP contribution < -0.4 is 4.74 Å². The van der Waals surface area contributed by atoms with Crippen LogP contribution in [0.1, 0.15) is 85.6 Å². The molecule has 0 radical (unpaired) electrons. The number of aromatic nitrogens is 1. The standard InChI is InChI=1S/C31H41N3O5/c1-21-18-22-10-7-6-8-11-26-27(29(35)33(38-5)20-23(22)19-32-21)12-9-13-28(26)39-25-16-14-24(15-17-25)34(30(36)37)31(2,3)4/h6,8-9,12-13,18-19,24-25H,7,10-11,14-17,20H2,1-5H3,(H,36,37)/b8-6+. The van der Waals surface area contributed by atoms with E-state index < -0.39 is 11.6 Å². The van der Waals surface area contributed by atoms with Crippen molar-refractivity contribution >= 4 is 12.0 Å². The summed E-state index contributed by atoms with van der Waals surface area (Å²) in [5.74, 6) is 0.482. The Hall–Kier alpha value is -3.39. The number of hydrogen-bond acceptors (Lipinski definition) is 5. The number of rotatable bonds is 4. The lowest BCUT2D eigenvalue weighted by Crippen LogP contribution is -2.52. The maximum absolute atomic E-state index is 13.7. The molecule has 0 unspecified atom stereocenters. The van der Waals surface area contributed by atoms with Crippen molar-refractivity contribution in [3.05, 3.63) is 70.6 Å². The summed E-state index contributed by atoms with van der Waals surface area (Å²) in [5, 5.41) is 11.2. The number of fused-ring (bicyclic) bond motifs is 2. The molecule has 39 heavy (non-hydrogen) atoms. The number of allylic oxidation sites excluding steroid dienone is 2. The number of amides is 2. The Morgan fingerprint density at radius 2 is 1.87 bits per heavy atom. The Bertz CT molecular complexity index is 1210. The lowest BCUT2D eigenvalue weighted by atomic mass is 9.89. The molecule has 0 saturated heterocycles. The van der Waals surface area contributed by atoms with Gasteiger partial charge in [-0.25, -0.2) is 9.86 Å². The van der Waals surface area contributed by atoms with Gasteiger partial charge in [-0.3, -0.25) is 14.6 Å². The minimum absolute atomic E-state index is 0.0281. The lowest BCUT2D eigenvalue weighted by molar-refractivity contribution is -0.102. The molecule has 210 valence electrons. The molecule has 1 aliphatic heterocycles. The molecule has 0 atom stereocenters. The van der Waals surface area contributed by atoms with Gasteiger partial charge in [0.15, 0.2) is 0 Å². The molecule has 0 bridgehead atoms. The van der Waals surface area contributed by atoms with Crippen molar-refractivity contribution in [3.63, 3.8) is 0 Å². The first-order chi connectivity index (χ1) is 18.6. The van der Waals surface area contributed by atoms with Crippen LogP contribution in [-0.4, -0.2) is 56.8 Å². The highest BCUT2D eigenvalue weighted by Gasteiger charge is 2.36. The molecule has 2 heterocycles. The van der Waals surface area contributed by atoms with Crippen LogP contribution in [0.15, 0.2) is 42.6 Å². The number of benzene rings is 1. The van der Waals surface area contributed by atoms with Gasteiger partial charge in [0.1, 0.15) is 5.75 Å². The monoisotopic (exact) mass is 535 g/mol. The average Bonchev–Trinajstić information content (AvgIpc) is 2.87. The highest BCUT2D eigenvalue weighted by atomic mass is 16.7. The second-order valence-electron chi connectivity index (χ2n) is 11.5. The molecule has 8 nitrogen and oxygen atoms in total. The van der Waals surface area contributed by atoms with Crippen molar-refractivity contribution in [1.82, 2.24) is 14.9 Å². The fourth-order valence-electron chi connectivity index (χ4n) is 5.76. The Kier molecular flexibility index (Phi) is 8.95. The second kappa shape index (κ2) is 12.2. The van der Waals surface area contributed by atoms with Crippen LogP contribution in [-0.2, 0) is 24.2 Å². The Labute approximate surface area is 231 Å². The van der Waals surface area contributed by atoms with Crippen LogP contribution in [0, 0.1) is 6.92 Å². The molecule has 1 aromatic carbocycles. The molecule has 8 heteroatoms. The quantitative estimate of drug-likeness (QED) is 0.475. The molecule has 1 N–H and O–H groups in total. The molecular formula is C31H41N3O5. The summed E-state index contributed by atoms with van der Waals surface area (Å²) in [6.07, 6.45) is 10.5. The first-order valence-electron chi connectivity index (χ1n) is 13.8. The Morgan fingerprint density at radius 3 is 2.54 bits per heavy atom. The number of nitrogens with zero attached hydrogens (tertiary/aromatic N) is 3. The van der Waals surface area contributed by atoms with Crippen LogP contribution in [0.25, 0.3) is 0 Å². The first-order valence-corrected chi connectivity index (χ1v) is 13.8. The van der Waals surface area contributed by atoms with E-state index in [9.17, 15) is 14.7 Å². The van der Waals surface area contributed by atoms with Crippen LogP contribution >= 0.6 is 0 Å². The van der Waals surface area contributed by atoms with Crippen LogP contribution in [0.5, 0.6) is 5.75 Å². The van der Waals surface area contributed by atoms with Gasteiger partial charge in [-0.15, -0.1) is 0 Å². The predicted octanol–water partition coefficient (Wildman–Crippen LogP) is 6.11. The number of hydrogen-bond donors (Lipinski definition) is 1. The molecular weight excluding hydrogens is 494 g/mol. The van der Waals surface area contributed by atoms with E-state index in [1.807, 2.05) is 52.1 Å². The molecule has 4 rings (SSSR count). The maximum Gasteiger partial charge on any atom is 0.407 e. The van der Waals surface area contributed by atoms with Gasteiger partial charge in [-0.1, -0.05) is 18.2 Å². The minimum atomic E-state index is -0.878. The summed E-state index contributed by atoms with van der Waals surface area (Å²) in [4.78, 5) is 37.3. The smallest absolute Gasteiger partial charge is 0.407 e. The van der Waals surface area contributed by atoms with Crippen molar-refractivity contribution in [2.75, 3.05) is 7.11 Å². The van der Waals surface area contributed by atoms with Crippen molar-refractivity contribution in [2.45, 2.75) is 96.9 Å². The molecule has 2 amide bonds. The highest BCUT2D eigenvalue weighted by molar-refractivity contribution is 5.95. The third-order valence-electron chi connectivity index (χ3n) is 7.64. The minimum Gasteiger partial charge on any atom is -0.490 e. The number of carbonyl (C=O) groups is 2. The van der Waals surface area contributed by atoms with Gasteiger partial charge >= 0.3 is 6.09 Å². The zero-order chi connectivity index (χ0) is 28.2. The third-order valence-corrected chi connectivity index (χ3v) is 7.64. The van der Waals surface area contributed by atoms with E-state index in [1.165, 1.54) is 17.7 Å². The largest absolute Gasteiger partial charge is 0.490 e. The van der Waals surface area contributed by atoms with Crippen molar-refractivity contribution in [3.8, 4) is 5.75 Å². The SMILES string of the molecule is CON1Cc2cnc(C)cc2CC/C=C/Cc2c(OC3CCC(N(C(=O)O)C(C)(C)C)CC3)cccc2C1=O. The van der Waals surface area contributed by atoms with Crippen LogP contribution in [0.4, 0.5) is 4.79 Å². The van der Waals surface area contributed by atoms with Crippen LogP contribution in [0.2, 0.25) is 0 Å². The maximum atomic E-state index is 13.7. The topological polar surface area (TPSA) is 92.2 Å². The van der Waals surface area contributed by atoms with Gasteiger partial charge in [-0.2, -0.15) is 0 Å². The van der Waals surface area contributed by atoms with Gasteiger partial charge in [-0.05, 0) is 102 Å². The third kappa shape index (κ3) is 6.79. The second-order valence-corrected chi connectivity index (χ2v) is 11.5. The van der Waals surface area contributed by atoms with Gasteiger partial charge in [0.05, 0.1) is 19.8 Å². The fourth-order valence-corrected chi connectivity index (χ4v) is 5.76. The summed E-state index contributed by atoms with van der Waals surface area (Å²) in [6.45, 7) is 8.09. The zero-order valence-corrected chi connectivity index (χ0v) is 23.8. The van der Waals surface area contributed by atoms with Gasteiger partial charge in [0, 0.05) is 34.6 Å². The first kappa shape index (κ1) is 28.6. The van der Waals surface area contributed by atoms with E-state index in [4.69, 9.17) is 9.57 Å². The summed E-state index contributed by atoms with van der Waals surface area (Å²) < 4.78 is 6.52. The summed E-state index contributed by atoms with van der Waals surface area (Å²) >= 11 is 0. The van der Waals surface area contributed by atoms with E-state index in [1.54, 1.807) is 4.90 Å². The van der Waals surface area contributed by atoms with Gasteiger partial charge in [0.2, 0.25) is 0 Å². The summed E-state index contributed by atoms with van der Waals surface area (Å²) in [5.41, 5.74) is 4.04.